The molecule has 190 valence electrons. The Morgan fingerprint density at radius 3 is 2.89 bits per heavy atom. The second-order valence-electron chi connectivity index (χ2n) is 9.98. The van der Waals surface area contributed by atoms with Gasteiger partial charge in [0, 0.05) is 31.4 Å². The van der Waals surface area contributed by atoms with Crippen LogP contribution in [0.2, 0.25) is 0 Å². The first-order valence-corrected chi connectivity index (χ1v) is 12.9. The van der Waals surface area contributed by atoms with E-state index in [0.717, 1.165) is 61.0 Å². The molecule has 0 radical (unpaired) electrons. The molecule has 1 aliphatic carbocycles. The molecule has 0 N–H and O–H groups in total. The number of hydrogen-bond donors (Lipinski definition) is 0. The Balaban J connectivity index is 1.27. The quantitative estimate of drug-likeness (QED) is 0.566. The minimum Gasteiger partial charge on any atom is -0.489 e. The molecule has 1 aromatic rings. The number of piperidine rings is 1. The molecule has 1 aromatic heterocycles. The number of aromatic nitrogens is 1. The number of ether oxygens (including phenoxy) is 3. The van der Waals surface area contributed by atoms with E-state index in [1.54, 1.807) is 18.5 Å². The van der Waals surface area contributed by atoms with Crippen molar-refractivity contribution in [3.8, 4) is 11.9 Å². The van der Waals surface area contributed by atoms with Crippen molar-refractivity contribution in [2.24, 2.45) is 5.92 Å². The molecule has 0 bridgehead atoms. The molecule has 3 aliphatic heterocycles. The Morgan fingerprint density at radius 2 is 2.08 bits per heavy atom. The highest BCUT2D eigenvalue weighted by Crippen LogP contribution is 2.33. The van der Waals surface area contributed by atoms with Crippen molar-refractivity contribution in [3.05, 3.63) is 65.7 Å². The van der Waals surface area contributed by atoms with Crippen LogP contribution in [-0.4, -0.2) is 67.8 Å². The molecule has 0 spiro atoms. The zero-order valence-electron chi connectivity index (χ0n) is 21.2. The molecule has 5 rings (SSSR count). The predicted octanol–water partition coefficient (Wildman–Crippen LogP) is 4.15. The van der Waals surface area contributed by atoms with Gasteiger partial charge in [-0.3, -0.25) is 4.90 Å². The minimum atomic E-state index is 0.198. The van der Waals surface area contributed by atoms with Crippen molar-refractivity contribution in [2.75, 3.05) is 51.8 Å². The molecule has 2 saturated heterocycles. The Morgan fingerprint density at radius 1 is 1.22 bits per heavy atom. The summed E-state index contributed by atoms with van der Waals surface area (Å²) in [5, 5.41) is 9.44. The zero-order chi connectivity index (χ0) is 24.9. The largest absolute Gasteiger partial charge is 0.489 e. The average molecular weight is 490 g/mol. The number of allylic oxidation sites excluding steroid dienone is 3. The van der Waals surface area contributed by atoms with E-state index in [-0.39, 0.29) is 6.10 Å². The minimum absolute atomic E-state index is 0.198. The van der Waals surface area contributed by atoms with Crippen LogP contribution >= 0.6 is 0 Å². The topological polar surface area (TPSA) is 74.1 Å². The summed E-state index contributed by atoms with van der Waals surface area (Å²) in [6, 6.07) is 3.91. The first kappa shape index (κ1) is 24.4. The van der Waals surface area contributed by atoms with Gasteiger partial charge in [-0.25, -0.2) is 4.98 Å². The smallest absolute Gasteiger partial charge is 0.231 e. The predicted molar refractivity (Wildman–Crippen MR) is 138 cm³/mol. The summed E-state index contributed by atoms with van der Waals surface area (Å²) in [4.78, 5) is 11.2. The van der Waals surface area contributed by atoms with E-state index in [4.69, 9.17) is 14.2 Å². The molecule has 2 fully saturated rings. The SMILES string of the molecule is COc1ncc(N2C=COC(C3=C(O[C@H]4CCN(CC5CCN(C)CC5)C4)C=CCC3)=C2)cc1C#N. The average Bonchev–Trinajstić information content (AvgIpc) is 3.36. The molecule has 36 heavy (non-hydrogen) atoms. The van der Waals surface area contributed by atoms with Gasteiger partial charge in [-0.15, -0.1) is 0 Å². The third kappa shape index (κ3) is 5.58. The third-order valence-corrected chi connectivity index (χ3v) is 7.42. The lowest BCUT2D eigenvalue weighted by Crippen LogP contribution is -2.36. The van der Waals surface area contributed by atoms with E-state index in [9.17, 15) is 5.26 Å². The highest BCUT2D eigenvalue weighted by molar-refractivity contribution is 5.58. The molecular weight excluding hydrogens is 454 g/mol. The lowest BCUT2D eigenvalue weighted by Gasteiger charge is -2.31. The van der Waals surface area contributed by atoms with Crippen LogP contribution in [0.5, 0.6) is 5.88 Å². The fourth-order valence-electron chi connectivity index (χ4n) is 5.35. The molecule has 0 saturated carbocycles. The van der Waals surface area contributed by atoms with Crippen LogP contribution in [0.4, 0.5) is 5.69 Å². The van der Waals surface area contributed by atoms with Gasteiger partial charge in [0.05, 0.1) is 25.2 Å². The first-order valence-electron chi connectivity index (χ1n) is 12.9. The van der Waals surface area contributed by atoms with Gasteiger partial charge in [0.25, 0.3) is 0 Å². The summed E-state index contributed by atoms with van der Waals surface area (Å²) in [6.07, 6.45) is 17.0. The number of likely N-dealkylation sites (tertiary alicyclic amines) is 2. The zero-order valence-corrected chi connectivity index (χ0v) is 21.2. The van der Waals surface area contributed by atoms with Gasteiger partial charge >= 0.3 is 0 Å². The fraction of sp³-hybridized carbons (Fsp3) is 0.500. The van der Waals surface area contributed by atoms with Gasteiger partial charge in [0.15, 0.2) is 0 Å². The molecule has 0 aromatic carbocycles. The van der Waals surface area contributed by atoms with E-state index in [2.05, 4.69) is 40.1 Å². The van der Waals surface area contributed by atoms with Crippen molar-refractivity contribution in [1.82, 2.24) is 14.8 Å². The summed E-state index contributed by atoms with van der Waals surface area (Å²) in [6.45, 7) is 5.70. The Kier molecular flexibility index (Phi) is 7.59. The number of nitriles is 1. The summed E-state index contributed by atoms with van der Waals surface area (Å²) in [5.74, 6) is 2.78. The van der Waals surface area contributed by atoms with Gasteiger partial charge in [-0.2, -0.15) is 5.26 Å². The van der Waals surface area contributed by atoms with Gasteiger partial charge in [-0.1, -0.05) is 6.08 Å². The van der Waals surface area contributed by atoms with E-state index in [1.807, 2.05) is 17.3 Å². The lowest BCUT2D eigenvalue weighted by atomic mass is 9.97. The summed E-state index contributed by atoms with van der Waals surface area (Å²) in [5.41, 5.74) is 2.22. The second-order valence-corrected chi connectivity index (χ2v) is 9.98. The fourth-order valence-corrected chi connectivity index (χ4v) is 5.35. The van der Waals surface area contributed by atoms with Gasteiger partial charge in [-0.05, 0) is 70.3 Å². The maximum absolute atomic E-state index is 9.44. The van der Waals surface area contributed by atoms with Crippen molar-refractivity contribution >= 4 is 5.69 Å². The monoisotopic (exact) mass is 489 g/mol. The van der Waals surface area contributed by atoms with E-state index >= 15 is 0 Å². The standard InChI is InChI=1S/C28H35N5O3/c1-31-10-7-21(8-11-31)18-32-12-9-24(19-32)36-26-6-4-3-5-25(26)27-20-33(13-14-35-27)23-15-22(16-29)28(34-2)30-17-23/h4,6,13-15,17,20-21,24H,3,5,7-12,18-19H2,1-2H3/t24-/m0/s1. The molecule has 0 amide bonds. The molecule has 8 heteroatoms. The van der Waals surface area contributed by atoms with Crippen LogP contribution in [0.25, 0.3) is 0 Å². The summed E-state index contributed by atoms with van der Waals surface area (Å²) in [7, 11) is 3.73. The summed E-state index contributed by atoms with van der Waals surface area (Å²) < 4.78 is 17.7. The highest BCUT2D eigenvalue weighted by Gasteiger charge is 2.29. The lowest BCUT2D eigenvalue weighted by molar-refractivity contribution is 0.116. The van der Waals surface area contributed by atoms with E-state index < -0.39 is 0 Å². The molecule has 4 aliphatic rings. The Bertz CT molecular complexity index is 1110. The maximum atomic E-state index is 9.44. The van der Waals surface area contributed by atoms with Gasteiger partial charge < -0.3 is 24.0 Å². The Labute approximate surface area is 213 Å². The molecule has 1 atom stereocenters. The number of methoxy groups -OCH3 is 1. The van der Waals surface area contributed by atoms with Gasteiger partial charge in [0.1, 0.15) is 35.5 Å². The maximum Gasteiger partial charge on any atom is 0.231 e. The van der Waals surface area contributed by atoms with Crippen LogP contribution < -0.4 is 9.64 Å². The van der Waals surface area contributed by atoms with Gasteiger partial charge in [0.2, 0.25) is 5.88 Å². The van der Waals surface area contributed by atoms with Crippen molar-refractivity contribution in [1.29, 1.82) is 5.26 Å². The second kappa shape index (κ2) is 11.2. The number of hydrogen-bond acceptors (Lipinski definition) is 8. The Hall–Kier alpha value is -3.28. The van der Waals surface area contributed by atoms with Crippen LogP contribution in [-0.2, 0) is 9.47 Å². The van der Waals surface area contributed by atoms with Crippen LogP contribution in [0.1, 0.15) is 37.7 Å². The summed E-state index contributed by atoms with van der Waals surface area (Å²) >= 11 is 0. The van der Waals surface area contributed by atoms with Crippen LogP contribution in [0.15, 0.2) is 60.2 Å². The van der Waals surface area contributed by atoms with Crippen LogP contribution in [0.3, 0.4) is 0 Å². The third-order valence-electron chi connectivity index (χ3n) is 7.42. The van der Waals surface area contributed by atoms with Crippen molar-refractivity contribution in [2.45, 2.75) is 38.2 Å². The van der Waals surface area contributed by atoms with Crippen molar-refractivity contribution in [3.63, 3.8) is 0 Å². The number of rotatable bonds is 7. The number of nitrogens with zero attached hydrogens (tertiary/aromatic N) is 5. The van der Waals surface area contributed by atoms with Crippen molar-refractivity contribution < 1.29 is 14.2 Å². The molecule has 0 unspecified atom stereocenters. The molecular formula is C28H35N5O3. The molecule has 8 nitrogen and oxygen atoms in total. The number of anilines is 1. The van der Waals surface area contributed by atoms with Crippen LogP contribution in [0, 0.1) is 17.2 Å². The first-order chi connectivity index (χ1) is 17.6. The molecule has 4 heterocycles. The van der Waals surface area contributed by atoms with E-state index in [0.29, 0.717) is 11.4 Å². The number of pyridine rings is 1. The highest BCUT2D eigenvalue weighted by atomic mass is 16.5. The van der Waals surface area contributed by atoms with E-state index in [1.165, 1.54) is 39.6 Å². The normalized spacial score (nSPS) is 23.4.